The van der Waals surface area contributed by atoms with Crippen LogP contribution >= 0.6 is 0 Å². The minimum Gasteiger partial charge on any atom is -0.396 e. The number of anilines is 1. The number of aliphatic hydroxyl groups is 1. The smallest absolute Gasteiger partial charge is 0.396 e. The third-order valence-corrected chi connectivity index (χ3v) is 6.35. The molecular weight excluding hydrogens is 461 g/mol. The van der Waals surface area contributed by atoms with E-state index in [1.54, 1.807) is 36.1 Å². The van der Waals surface area contributed by atoms with Gasteiger partial charge in [0.2, 0.25) is 0 Å². The van der Waals surface area contributed by atoms with E-state index in [1.807, 2.05) is 0 Å². The summed E-state index contributed by atoms with van der Waals surface area (Å²) in [7, 11) is 0. The number of rotatable bonds is 5. The van der Waals surface area contributed by atoms with Gasteiger partial charge in [-0.3, -0.25) is 9.59 Å². The van der Waals surface area contributed by atoms with Crippen molar-refractivity contribution in [3.63, 3.8) is 0 Å². The summed E-state index contributed by atoms with van der Waals surface area (Å²) in [4.78, 5) is 33.4. The van der Waals surface area contributed by atoms with Gasteiger partial charge in [0.1, 0.15) is 5.82 Å². The van der Waals surface area contributed by atoms with Gasteiger partial charge >= 0.3 is 6.18 Å². The van der Waals surface area contributed by atoms with E-state index in [9.17, 15) is 27.9 Å². The van der Waals surface area contributed by atoms with Crippen LogP contribution < -0.4 is 10.9 Å². The zero-order valence-corrected chi connectivity index (χ0v) is 19.4. The van der Waals surface area contributed by atoms with E-state index in [0.29, 0.717) is 24.3 Å². The summed E-state index contributed by atoms with van der Waals surface area (Å²) in [5.41, 5.74) is -0.457. The number of nitrogens with one attached hydrogen (secondary N) is 2. The molecular formula is C25H27F3N4O3. The molecule has 3 aromatic rings. The average molecular weight is 489 g/mol. The molecule has 7 nitrogen and oxygen atoms in total. The molecule has 4 rings (SSSR count). The first kappa shape index (κ1) is 24.7. The van der Waals surface area contributed by atoms with Crippen LogP contribution in [0.4, 0.5) is 18.9 Å². The molecule has 0 unspecified atom stereocenters. The molecule has 10 heteroatoms. The van der Waals surface area contributed by atoms with Gasteiger partial charge in [-0.05, 0) is 74.6 Å². The van der Waals surface area contributed by atoms with E-state index in [4.69, 9.17) is 0 Å². The van der Waals surface area contributed by atoms with Crippen molar-refractivity contribution in [3.05, 3.63) is 69.3 Å². The SMILES string of the molecule is Cc1nc2cc(C(F)(F)F)c([C@H](C)Nc3ccc(C(=O)N4CCC[C@H](CO)C4)cc3)cc2c(=O)[nH]1. The predicted molar refractivity (Wildman–Crippen MR) is 126 cm³/mol. The van der Waals surface area contributed by atoms with Gasteiger partial charge in [0.15, 0.2) is 0 Å². The fourth-order valence-electron chi connectivity index (χ4n) is 4.54. The molecule has 0 aliphatic carbocycles. The van der Waals surface area contributed by atoms with Gasteiger partial charge in [-0.15, -0.1) is 0 Å². The predicted octanol–water partition coefficient (Wildman–Crippen LogP) is 4.27. The Labute approximate surface area is 200 Å². The number of fused-ring (bicyclic) bond motifs is 1. The zero-order valence-electron chi connectivity index (χ0n) is 19.4. The number of aromatic amines is 1. The molecule has 186 valence electrons. The Morgan fingerprint density at radius 3 is 2.66 bits per heavy atom. The summed E-state index contributed by atoms with van der Waals surface area (Å²) in [6.45, 7) is 4.26. The number of alkyl halides is 3. The van der Waals surface area contributed by atoms with Crippen molar-refractivity contribution in [2.45, 2.75) is 38.9 Å². The largest absolute Gasteiger partial charge is 0.416 e. The molecule has 1 aliphatic heterocycles. The highest BCUT2D eigenvalue weighted by Crippen LogP contribution is 2.37. The van der Waals surface area contributed by atoms with E-state index in [1.165, 1.54) is 13.0 Å². The first-order chi connectivity index (χ1) is 16.6. The van der Waals surface area contributed by atoms with Gasteiger partial charge in [-0.2, -0.15) is 13.2 Å². The summed E-state index contributed by atoms with van der Waals surface area (Å²) >= 11 is 0. The van der Waals surface area contributed by atoms with E-state index in [2.05, 4.69) is 15.3 Å². The third-order valence-electron chi connectivity index (χ3n) is 6.35. The van der Waals surface area contributed by atoms with Gasteiger partial charge in [-0.1, -0.05) is 0 Å². The van der Waals surface area contributed by atoms with Crippen molar-refractivity contribution in [1.82, 2.24) is 14.9 Å². The molecule has 1 aliphatic rings. The zero-order chi connectivity index (χ0) is 25.3. The number of hydrogen-bond acceptors (Lipinski definition) is 5. The molecule has 35 heavy (non-hydrogen) atoms. The number of halogens is 3. The topological polar surface area (TPSA) is 98.3 Å². The average Bonchev–Trinajstić information content (AvgIpc) is 2.82. The standard InChI is InChI=1S/C25H27F3N4O3/c1-14(19-10-20-22(11-21(19)25(26,27)28)30-15(2)31-23(20)34)29-18-7-5-17(6-8-18)24(35)32-9-3-4-16(12-32)13-33/h5-8,10-11,14,16,29,33H,3-4,9,12-13H2,1-2H3,(H,30,31,34)/t14-,16-/m0/s1. The van der Waals surface area contributed by atoms with Crippen LogP contribution in [0.15, 0.2) is 41.2 Å². The molecule has 0 spiro atoms. The fourth-order valence-corrected chi connectivity index (χ4v) is 4.54. The molecule has 0 saturated carbocycles. The molecule has 0 bridgehead atoms. The Hall–Kier alpha value is -3.40. The number of piperidine rings is 1. The summed E-state index contributed by atoms with van der Waals surface area (Å²) < 4.78 is 41.5. The lowest BCUT2D eigenvalue weighted by Gasteiger charge is -2.32. The van der Waals surface area contributed by atoms with Gasteiger partial charge in [0.05, 0.1) is 16.5 Å². The van der Waals surface area contributed by atoms with Crippen LogP contribution in [0.3, 0.4) is 0 Å². The molecule has 3 N–H and O–H groups in total. The van der Waals surface area contributed by atoms with Crippen LogP contribution in [0, 0.1) is 12.8 Å². The van der Waals surface area contributed by atoms with E-state index in [-0.39, 0.29) is 40.7 Å². The number of carbonyl (C=O) groups is 1. The summed E-state index contributed by atoms with van der Waals surface area (Å²) in [5, 5.41) is 12.5. The van der Waals surface area contributed by atoms with Gasteiger partial charge in [0, 0.05) is 37.0 Å². The van der Waals surface area contributed by atoms with Gasteiger partial charge < -0.3 is 20.3 Å². The third kappa shape index (κ3) is 5.32. The van der Waals surface area contributed by atoms with Gasteiger partial charge in [0.25, 0.3) is 11.5 Å². The minimum absolute atomic E-state index is 0.0152. The molecule has 1 saturated heterocycles. The number of likely N-dealkylation sites (tertiary alicyclic amines) is 1. The Morgan fingerprint density at radius 2 is 2.00 bits per heavy atom. The maximum absolute atomic E-state index is 13.8. The summed E-state index contributed by atoms with van der Waals surface area (Å²) in [5.74, 6) is 0.171. The fraction of sp³-hybridized carbons (Fsp3) is 0.400. The molecule has 2 atom stereocenters. The first-order valence-corrected chi connectivity index (χ1v) is 11.5. The van der Waals surface area contributed by atoms with Crippen LogP contribution in [-0.4, -0.2) is 45.6 Å². The molecule has 2 aromatic carbocycles. The maximum atomic E-state index is 13.8. The lowest BCUT2D eigenvalue weighted by atomic mass is 9.97. The number of carbonyl (C=O) groups excluding carboxylic acids is 1. The molecule has 1 aromatic heterocycles. The normalized spacial score (nSPS) is 17.4. The molecule has 1 fully saturated rings. The van der Waals surface area contributed by atoms with Crippen molar-refractivity contribution in [1.29, 1.82) is 0 Å². The Balaban J connectivity index is 1.57. The molecule has 2 heterocycles. The monoisotopic (exact) mass is 488 g/mol. The van der Waals surface area contributed by atoms with E-state index in [0.717, 1.165) is 18.9 Å². The minimum atomic E-state index is -4.63. The number of H-pyrrole nitrogens is 1. The highest BCUT2D eigenvalue weighted by Gasteiger charge is 2.35. The second-order valence-corrected chi connectivity index (χ2v) is 8.99. The Morgan fingerprint density at radius 1 is 1.29 bits per heavy atom. The number of amides is 1. The number of hydrogen-bond donors (Lipinski definition) is 3. The van der Waals surface area contributed by atoms with Crippen molar-refractivity contribution in [2.24, 2.45) is 5.92 Å². The second kappa shape index (κ2) is 9.69. The van der Waals surface area contributed by atoms with Crippen LogP contribution in [-0.2, 0) is 6.18 Å². The van der Waals surface area contributed by atoms with Crippen molar-refractivity contribution in [2.75, 3.05) is 25.0 Å². The maximum Gasteiger partial charge on any atom is 0.416 e. The van der Waals surface area contributed by atoms with Crippen molar-refractivity contribution >= 4 is 22.5 Å². The Bertz CT molecular complexity index is 1290. The Kier molecular flexibility index (Phi) is 6.84. The van der Waals surface area contributed by atoms with Crippen LogP contribution in [0.1, 0.15) is 53.1 Å². The summed E-state index contributed by atoms with van der Waals surface area (Å²) in [6.07, 6.45) is -2.91. The second-order valence-electron chi connectivity index (χ2n) is 8.99. The first-order valence-electron chi connectivity index (χ1n) is 11.5. The van der Waals surface area contributed by atoms with Gasteiger partial charge in [-0.25, -0.2) is 4.98 Å². The van der Waals surface area contributed by atoms with E-state index < -0.39 is 23.3 Å². The lowest BCUT2D eigenvalue weighted by Crippen LogP contribution is -2.40. The number of aliphatic hydroxyl groups excluding tert-OH is 1. The molecule has 1 amide bonds. The lowest BCUT2D eigenvalue weighted by molar-refractivity contribution is -0.138. The van der Waals surface area contributed by atoms with Crippen LogP contribution in [0.5, 0.6) is 0 Å². The van der Waals surface area contributed by atoms with Crippen LogP contribution in [0.2, 0.25) is 0 Å². The number of aromatic nitrogens is 2. The number of aryl methyl sites for hydroxylation is 1. The van der Waals surface area contributed by atoms with E-state index >= 15 is 0 Å². The summed E-state index contributed by atoms with van der Waals surface area (Å²) in [6, 6.07) is 7.89. The number of nitrogens with zero attached hydrogens (tertiary/aromatic N) is 2. The van der Waals surface area contributed by atoms with Crippen molar-refractivity contribution < 1.29 is 23.1 Å². The molecule has 0 radical (unpaired) electrons. The van der Waals surface area contributed by atoms with Crippen molar-refractivity contribution in [3.8, 4) is 0 Å². The highest BCUT2D eigenvalue weighted by molar-refractivity contribution is 5.94. The van der Waals surface area contributed by atoms with Crippen LogP contribution in [0.25, 0.3) is 10.9 Å². The number of benzene rings is 2. The highest BCUT2D eigenvalue weighted by atomic mass is 19.4. The quantitative estimate of drug-likeness (QED) is 0.498.